The van der Waals surface area contributed by atoms with Crippen LogP contribution in [0.1, 0.15) is 12.8 Å². The number of nitriles is 1. The molecule has 0 saturated heterocycles. The van der Waals surface area contributed by atoms with Gasteiger partial charge < -0.3 is 4.99 Å². The minimum atomic E-state index is -3.95. The smallest absolute Gasteiger partial charge is 0.301 e. The Hall–Kier alpha value is -0.970. The molecule has 14 heavy (non-hydrogen) atoms. The molecular weight excluding hydrogens is 208 g/mol. The second-order valence-corrected chi connectivity index (χ2v) is 3.48. The molecule has 0 amide bonds. The zero-order chi connectivity index (χ0) is 10.9. The lowest BCUT2D eigenvalue weighted by Crippen LogP contribution is -2.11. The van der Waals surface area contributed by atoms with Gasteiger partial charge in [0.15, 0.2) is 0 Å². The first-order valence-electron chi connectivity index (χ1n) is 3.93. The second kappa shape index (κ2) is 7.44. The summed E-state index contributed by atoms with van der Waals surface area (Å²) < 4.78 is 30.5. The van der Waals surface area contributed by atoms with E-state index >= 15 is 0 Å². The van der Waals surface area contributed by atoms with E-state index in [0.717, 1.165) is 0 Å². The molecule has 80 valence electrons. The van der Waals surface area contributed by atoms with Crippen LogP contribution in [0, 0.1) is 11.3 Å². The van der Waals surface area contributed by atoms with Gasteiger partial charge in [-0.15, -0.1) is 0 Å². The molecule has 0 heterocycles. The molecule has 0 atom stereocenters. The van der Waals surface area contributed by atoms with Crippen LogP contribution in [0.2, 0.25) is 0 Å². The number of nitrogens with zero attached hydrogens (tertiary/aromatic N) is 2. The fourth-order valence-corrected chi connectivity index (χ4v) is 1.21. The van der Waals surface area contributed by atoms with Gasteiger partial charge in [-0.1, -0.05) is 0 Å². The van der Waals surface area contributed by atoms with Gasteiger partial charge in [0.1, 0.15) is 0 Å². The van der Waals surface area contributed by atoms with E-state index in [1.54, 1.807) is 13.1 Å². The Morgan fingerprint density at radius 3 is 2.64 bits per heavy atom. The molecule has 0 rings (SSSR count). The SMILES string of the molecule is CN=CCCOS(=O)(=O)OCCC#N. The second-order valence-electron chi connectivity index (χ2n) is 2.19. The molecule has 0 aromatic heterocycles. The molecule has 0 aliphatic rings. The van der Waals surface area contributed by atoms with Gasteiger partial charge in [-0.2, -0.15) is 13.7 Å². The first-order valence-corrected chi connectivity index (χ1v) is 5.27. The maximum Gasteiger partial charge on any atom is 0.399 e. The molecule has 0 aliphatic heterocycles. The first-order chi connectivity index (χ1) is 6.62. The molecule has 6 nitrogen and oxygen atoms in total. The summed E-state index contributed by atoms with van der Waals surface area (Å²) in [6.45, 7) is -0.188. The number of aliphatic imine (C=N–C) groups is 1. The predicted molar refractivity (Wildman–Crippen MR) is 50.1 cm³/mol. The largest absolute Gasteiger partial charge is 0.399 e. The Morgan fingerprint density at radius 2 is 2.07 bits per heavy atom. The maximum atomic E-state index is 10.9. The lowest BCUT2D eigenvalue weighted by Gasteiger charge is -2.02. The third-order valence-corrected chi connectivity index (χ3v) is 2.01. The van der Waals surface area contributed by atoms with Crippen molar-refractivity contribution in [2.75, 3.05) is 20.3 Å². The summed E-state index contributed by atoms with van der Waals surface area (Å²) in [4.78, 5) is 3.65. The molecule has 0 aromatic rings. The summed E-state index contributed by atoms with van der Waals surface area (Å²) >= 11 is 0. The highest BCUT2D eigenvalue weighted by atomic mass is 32.3. The van der Waals surface area contributed by atoms with E-state index in [0.29, 0.717) is 6.42 Å². The summed E-state index contributed by atoms with van der Waals surface area (Å²) in [6.07, 6.45) is 1.95. The zero-order valence-corrected chi connectivity index (χ0v) is 8.66. The normalized spacial score (nSPS) is 11.7. The van der Waals surface area contributed by atoms with Crippen molar-refractivity contribution in [1.29, 1.82) is 5.26 Å². The van der Waals surface area contributed by atoms with Crippen LogP contribution in [0.15, 0.2) is 4.99 Å². The third kappa shape index (κ3) is 7.67. The standard InChI is InChI=1S/C7H12N2O4S/c1-9-5-3-7-13-14(10,11)12-6-2-4-8/h5H,2-3,6-7H2,1H3. The lowest BCUT2D eigenvalue weighted by molar-refractivity contribution is 0.222. The highest BCUT2D eigenvalue weighted by molar-refractivity contribution is 7.81. The Labute approximate surface area is 83.5 Å². The van der Waals surface area contributed by atoms with Crippen molar-refractivity contribution in [3.8, 4) is 6.07 Å². The van der Waals surface area contributed by atoms with Crippen LogP contribution in [0.4, 0.5) is 0 Å². The van der Waals surface area contributed by atoms with E-state index in [2.05, 4.69) is 13.4 Å². The summed E-state index contributed by atoms with van der Waals surface area (Å²) in [6, 6.07) is 1.75. The summed E-state index contributed by atoms with van der Waals surface area (Å²) in [5.74, 6) is 0. The molecule has 0 radical (unpaired) electrons. The van der Waals surface area contributed by atoms with Gasteiger partial charge in [-0.05, 0) is 0 Å². The highest BCUT2D eigenvalue weighted by Crippen LogP contribution is 1.97. The van der Waals surface area contributed by atoms with Crippen LogP contribution in [-0.4, -0.2) is 34.9 Å². The number of hydrogen-bond donors (Lipinski definition) is 0. The Balaban J connectivity index is 3.68. The van der Waals surface area contributed by atoms with E-state index in [1.807, 2.05) is 0 Å². The van der Waals surface area contributed by atoms with Crippen LogP contribution in [0.25, 0.3) is 0 Å². The van der Waals surface area contributed by atoms with E-state index in [4.69, 9.17) is 5.26 Å². The Morgan fingerprint density at radius 1 is 1.43 bits per heavy atom. The van der Waals surface area contributed by atoms with Gasteiger partial charge in [0.05, 0.1) is 25.7 Å². The van der Waals surface area contributed by atoms with E-state index in [1.165, 1.54) is 6.21 Å². The lowest BCUT2D eigenvalue weighted by atomic mass is 10.5. The maximum absolute atomic E-state index is 10.9. The zero-order valence-electron chi connectivity index (χ0n) is 7.84. The Bertz CT molecular complexity index is 304. The molecule has 0 spiro atoms. The molecular formula is C7H12N2O4S. The van der Waals surface area contributed by atoms with Crippen molar-refractivity contribution in [3.63, 3.8) is 0 Å². The quantitative estimate of drug-likeness (QED) is 0.454. The van der Waals surface area contributed by atoms with Crippen molar-refractivity contribution in [1.82, 2.24) is 0 Å². The molecule has 0 unspecified atom stereocenters. The van der Waals surface area contributed by atoms with Crippen LogP contribution in [0.5, 0.6) is 0 Å². The minimum Gasteiger partial charge on any atom is -0.301 e. The average molecular weight is 220 g/mol. The van der Waals surface area contributed by atoms with Gasteiger partial charge in [0.25, 0.3) is 0 Å². The first kappa shape index (κ1) is 13.0. The molecule has 0 aliphatic carbocycles. The molecule has 0 aromatic carbocycles. The van der Waals surface area contributed by atoms with Gasteiger partial charge in [-0.3, -0.25) is 0 Å². The van der Waals surface area contributed by atoms with Crippen molar-refractivity contribution >= 4 is 16.6 Å². The van der Waals surface area contributed by atoms with Crippen molar-refractivity contribution in [3.05, 3.63) is 0 Å². The fourth-order valence-electron chi connectivity index (χ4n) is 0.555. The van der Waals surface area contributed by atoms with Crippen molar-refractivity contribution in [2.24, 2.45) is 4.99 Å². The predicted octanol–water partition coefficient (Wildman–Crippen LogP) is 0.269. The summed E-state index contributed by atoms with van der Waals surface area (Å²) in [7, 11) is -2.37. The van der Waals surface area contributed by atoms with Crippen LogP contribution in [0.3, 0.4) is 0 Å². The topological polar surface area (TPSA) is 88.8 Å². The van der Waals surface area contributed by atoms with E-state index in [9.17, 15) is 8.42 Å². The van der Waals surface area contributed by atoms with Crippen molar-refractivity contribution in [2.45, 2.75) is 12.8 Å². The Kier molecular flexibility index (Phi) is 6.92. The van der Waals surface area contributed by atoms with Gasteiger partial charge in [0, 0.05) is 19.7 Å². The molecule has 7 heteroatoms. The van der Waals surface area contributed by atoms with Gasteiger partial charge in [0.2, 0.25) is 0 Å². The molecule has 0 fully saturated rings. The van der Waals surface area contributed by atoms with Crippen LogP contribution < -0.4 is 0 Å². The van der Waals surface area contributed by atoms with Crippen LogP contribution in [-0.2, 0) is 18.8 Å². The number of hydrogen-bond acceptors (Lipinski definition) is 6. The minimum absolute atomic E-state index is 0.00771. The fraction of sp³-hybridized carbons (Fsp3) is 0.714. The molecule has 0 saturated carbocycles. The monoisotopic (exact) mass is 220 g/mol. The number of rotatable bonds is 7. The molecule has 0 N–H and O–H groups in total. The van der Waals surface area contributed by atoms with Crippen LogP contribution >= 0.6 is 0 Å². The van der Waals surface area contributed by atoms with E-state index in [-0.39, 0.29) is 19.6 Å². The molecule has 0 bridgehead atoms. The summed E-state index contributed by atoms with van der Waals surface area (Å²) in [5, 5.41) is 8.13. The van der Waals surface area contributed by atoms with Gasteiger partial charge in [-0.25, -0.2) is 8.37 Å². The summed E-state index contributed by atoms with van der Waals surface area (Å²) in [5.41, 5.74) is 0. The highest BCUT2D eigenvalue weighted by Gasteiger charge is 2.10. The third-order valence-electron chi connectivity index (χ3n) is 1.10. The van der Waals surface area contributed by atoms with E-state index < -0.39 is 10.4 Å². The van der Waals surface area contributed by atoms with Gasteiger partial charge >= 0.3 is 10.4 Å². The average Bonchev–Trinajstić information content (AvgIpc) is 2.13. The van der Waals surface area contributed by atoms with Crippen molar-refractivity contribution < 1.29 is 16.8 Å².